The van der Waals surface area contributed by atoms with Crippen molar-refractivity contribution in [3.05, 3.63) is 17.5 Å². The van der Waals surface area contributed by atoms with Gasteiger partial charge in [0.25, 0.3) is 0 Å². The van der Waals surface area contributed by atoms with Crippen molar-refractivity contribution in [1.29, 1.82) is 0 Å². The van der Waals surface area contributed by atoms with Gasteiger partial charge in [0.1, 0.15) is 5.60 Å². The highest BCUT2D eigenvalue weighted by atomic mass is 16.5. The molecule has 152 valence electrons. The van der Waals surface area contributed by atoms with Gasteiger partial charge in [-0.1, -0.05) is 12.8 Å². The summed E-state index contributed by atoms with van der Waals surface area (Å²) in [7, 11) is 0. The summed E-state index contributed by atoms with van der Waals surface area (Å²) in [5.74, 6) is 0.434. The molecule has 4 aliphatic rings. The smallest absolute Gasteiger partial charge is 0.227 e. The highest BCUT2D eigenvalue weighted by Gasteiger charge is 2.44. The van der Waals surface area contributed by atoms with Crippen molar-refractivity contribution in [2.75, 3.05) is 26.2 Å². The second-order valence-corrected chi connectivity index (χ2v) is 8.91. The van der Waals surface area contributed by atoms with Gasteiger partial charge in [-0.15, -0.1) is 0 Å². The summed E-state index contributed by atoms with van der Waals surface area (Å²) in [5.41, 5.74) is 2.06. The van der Waals surface area contributed by atoms with Crippen molar-refractivity contribution in [3.63, 3.8) is 0 Å². The standard InChI is InChI=1S/C21H30N4O3/c26-18-6-5-16(14-25(18)17-3-1-2-4-17)20(27)24-10-8-21(9-11-24)19-15(7-12-28-21)13-22-23-19/h13,16-17H,1-12,14H2,(H,22,23). The first-order valence-electron chi connectivity index (χ1n) is 10.9. The maximum Gasteiger partial charge on any atom is 0.227 e. The highest BCUT2D eigenvalue weighted by Crippen LogP contribution is 2.40. The monoisotopic (exact) mass is 386 g/mol. The molecule has 1 aromatic heterocycles. The maximum absolute atomic E-state index is 13.2. The summed E-state index contributed by atoms with van der Waals surface area (Å²) in [5, 5.41) is 7.36. The molecule has 1 atom stereocenters. The topological polar surface area (TPSA) is 78.5 Å². The third-order valence-electron chi connectivity index (χ3n) is 7.36. The zero-order valence-corrected chi connectivity index (χ0v) is 16.5. The summed E-state index contributed by atoms with van der Waals surface area (Å²) >= 11 is 0. The normalized spacial score (nSPS) is 28.0. The molecule has 0 aromatic carbocycles. The SMILES string of the molecule is O=C(C1CCC(=O)N(C2CCCC2)C1)N1CCC2(CC1)OCCc1cn[nH]c12. The van der Waals surface area contributed by atoms with Crippen LogP contribution in [0.5, 0.6) is 0 Å². The van der Waals surface area contributed by atoms with Crippen LogP contribution in [0.25, 0.3) is 0 Å². The number of carbonyl (C=O) groups excluding carboxylic acids is 2. The molecule has 28 heavy (non-hydrogen) atoms. The molecule has 2 saturated heterocycles. The first-order valence-corrected chi connectivity index (χ1v) is 10.9. The van der Waals surface area contributed by atoms with Crippen LogP contribution < -0.4 is 0 Å². The van der Waals surface area contributed by atoms with Crippen molar-refractivity contribution in [2.24, 2.45) is 5.92 Å². The number of nitrogens with zero attached hydrogens (tertiary/aromatic N) is 3. The number of piperidine rings is 2. The van der Waals surface area contributed by atoms with Crippen LogP contribution in [0.1, 0.15) is 62.6 Å². The molecule has 1 N–H and O–H groups in total. The lowest BCUT2D eigenvalue weighted by Gasteiger charge is -2.45. The molecule has 0 bridgehead atoms. The lowest BCUT2D eigenvalue weighted by Crippen LogP contribution is -2.53. The summed E-state index contributed by atoms with van der Waals surface area (Å²) < 4.78 is 6.20. The Labute approximate surface area is 165 Å². The Morgan fingerprint density at radius 1 is 1.18 bits per heavy atom. The van der Waals surface area contributed by atoms with Gasteiger partial charge in [-0.05, 0) is 44.1 Å². The fraction of sp³-hybridized carbons (Fsp3) is 0.762. The summed E-state index contributed by atoms with van der Waals surface area (Å²) in [6.07, 6.45) is 10.3. The lowest BCUT2D eigenvalue weighted by molar-refractivity contribution is -0.150. The Balaban J connectivity index is 1.23. The van der Waals surface area contributed by atoms with Gasteiger partial charge >= 0.3 is 0 Å². The molecule has 1 unspecified atom stereocenters. The lowest BCUT2D eigenvalue weighted by atomic mass is 9.83. The molecule has 0 radical (unpaired) electrons. The van der Waals surface area contributed by atoms with Crippen molar-refractivity contribution in [2.45, 2.75) is 69.4 Å². The molecule has 1 aromatic rings. The number of hydrogen-bond acceptors (Lipinski definition) is 4. The zero-order chi connectivity index (χ0) is 19.1. The second kappa shape index (κ2) is 7.17. The van der Waals surface area contributed by atoms with Crippen LogP contribution in [0.3, 0.4) is 0 Å². The number of rotatable bonds is 2. The van der Waals surface area contributed by atoms with Gasteiger partial charge in [-0.2, -0.15) is 5.10 Å². The molecule has 2 amide bonds. The molecule has 4 heterocycles. The maximum atomic E-state index is 13.2. The van der Waals surface area contributed by atoms with Gasteiger partial charge in [-0.25, -0.2) is 0 Å². The first-order chi connectivity index (χ1) is 13.7. The van der Waals surface area contributed by atoms with Crippen molar-refractivity contribution in [3.8, 4) is 0 Å². The average molecular weight is 386 g/mol. The van der Waals surface area contributed by atoms with E-state index in [-0.39, 0.29) is 23.3 Å². The molecule has 7 nitrogen and oxygen atoms in total. The van der Waals surface area contributed by atoms with E-state index in [9.17, 15) is 9.59 Å². The number of ether oxygens (including phenoxy) is 1. The molecular formula is C21H30N4O3. The minimum atomic E-state index is -0.306. The number of carbonyl (C=O) groups is 2. The van der Waals surface area contributed by atoms with Crippen LogP contribution in [-0.4, -0.2) is 64.1 Å². The van der Waals surface area contributed by atoms with Crippen LogP contribution in [0.4, 0.5) is 0 Å². The summed E-state index contributed by atoms with van der Waals surface area (Å²) in [6.45, 7) is 2.77. The second-order valence-electron chi connectivity index (χ2n) is 8.91. The molecule has 1 saturated carbocycles. The van der Waals surface area contributed by atoms with Crippen LogP contribution >= 0.6 is 0 Å². The number of aromatic amines is 1. The van der Waals surface area contributed by atoms with Gasteiger partial charge in [0.2, 0.25) is 11.8 Å². The van der Waals surface area contributed by atoms with Crippen molar-refractivity contribution < 1.29 is 14.3 Å². The predicted molar refractivity (Wildman–Crippen MR) is 102 cm³/mol. The van der Waals surface area contributed by atoms with E-state index in [0.29, 0.717) is 38.5 Å². The van der Waals surface area contributed by atoms with E-state index in [1.54, 1.807) is 0 Å². The largest absolute Gasteiger partial charge is 0.368 e. The minimum absolute atomic E-state index is 0.0395. The van der Waals surface area contributed by atoms with Crippen LogP contribution in [0, 0.1) is 5.92 Å². The van der Waals surface area contributed by atoms with E-state index in [1.165, 1.54) is 18.4 Å². The summed E-state index contributed by atoms with van der Waals surface area (Å²) in [4.78, 5) is 29.6. The fourth-order valence-corrected chi connectivity index (χ4v) is 5.71. The van der Waals surface area contributed by atoms with Gasteiger partial charge in [0.15, 0.2) is 0 Å². The molecule has 5 rings (SSSR count). The van der Waals surface area contributed by atoms with E-state index < -0.39 is 0 Å². The Kier molecular flexibility index (Phi) is 4.65. The van der Waals surface area contributed by atoms with Gasteiger partial charge in [0.05, 0.1) is 24.4 Å². The molecule has 1 spiro atoms. The molecular weight excluding hydrogens is 356 g/mol. The molecule has 3 fully saturated rings. The number of nitrogens with one attached hydrogen (secondary N) is 1. The Morgan fingerprint density at radius 2 is 1.96 bits per heavy atom. The van der Waals surface area contributed by atoms with E-state index >= 15 is 0 Å². The Bertz CT molecular complexity index is 747. The van der Waals surface area contributed by atoms with E-state index in [0.717, 1.165) is 44.4 Å². The zero-order valence-electron chi connectivity index (χ0n) is 16.5. The number of fused-ring (bicyclic) bond motifs is 2. The molecule has 1 aliphatic carbocycles. The predicted octanol–water partition coefficient (Wildman–Crippen LogP) is 1.98. The van der Waals surface area contributed by atoms with Crippen LogP contribution in [-0.2, 0) is 26.3 Å². The Morgan fingerprint density at radius 3 is 2.75 bits per heavy atom. The van der Waals surface area contributed by atoms with E-state index in [1.807, 2.05) is 16.0 Å². The van der Waals surface area contributed by atoms with Crippen LogP contribution in [0.15, 0.2) is 6.20 Å². The van der Waals surface area contributed by atoms with Crippen molar-refractivity contribution >= 4 is 11.8 Å². The fourth-order valence-electron chi connectivity index (χ4n) is 5.71. The van der Waals surface area contributed by atoms with Crippen molar-refractivity contribution in [1.82, 2.24) is 20.0 Å². The minimum Gasteiger partial charge on any atom is -0.368 e. The first kappa shape index (κ1) is 18.2. The average Bonchev–Trinajstić information content (AvgIpc) is 3.41. The number of amides is 2. The number of likely N-dealkylation sites (tertiary alicyclic amines) is 2. The number of hydrogen-bond donors (Lipinski definition) is 1. The number of aromatic nitrogens is 2. The quantitative estimate of drug-likeness (QED) is 0.843. The van der Waals surface area contributed by atoms with E-state index in [2.05, 4.69) is 10.2 Å². The number of H-pyrrole nitrogens is 1. The van der Waals surface area contributed by atoms with Gasteiger partial charge < -0.3 is 14.5 Å². The third kappa shape index (κ3) is 3.04. The van der Waals surface area contributed by atoms with E-state index in [4.69, 9.17) is 4.74 Å². The van der Waals surface area contributed by atoms with Gasteiger partial charge in [0, 0.05) is 32.1 Å². The molecule has 3 aliphatic heterocycles. The third-order valence-corrected chi connectivity index (χ3v) is 7.36. The Hall–Kier alpha value is -1.89. The highest BCUT2D eigenvalue weighted by molar-refractivity contribution is 5.84. The summed E-state index contributed by atoms with van der Waals surface area (Å²) in [6, 6.07) is 0.363. The molecule has 7 heteroatoms. The van der Waals surface area contributed by atoms with Crippen LogP contribution in [0.2, 0.25) is 0 Å². The van der Waals surface area contributed by atoms with Gasteiger partial charge in [-0.3, -0.25) is 14.7 Å².